The second-order valence-electron chi connectivity index (χ2n) is 5.11. The van der Waals surface area contributed by atoms with Crippen LogP contribution in [-0.2, 0) is 10.0 Å². The normalized spacial score (nSPS) is 13.4. The molecule has 0 aliphatic carbocycles. The fourth-order valence-electron chi connectivity index (χ4n) is 2.27. The molecule has 0 saturated heterocycles. The summed E-state index contributed by atoms with van der Waals surface area (Å²) in [5.41, 5.74) is 6.31. The maximum Gasteiger partial charge on any atom is 0.240 e. The second-order valence-corrected chi connectivity index (χ2v) is 6.82. The number of fused-ring (bicyclic) bond motifs is 1. The number of sulfonamides is 1. The highest BCUT2D eigenvalue weighted by atomic mass is 32.2. The van der Waals surface area contributed by atoms with Gasteiger partial charge < -0.3 is 5.73 Å². The van der Waals surface area contributed by atoms with Crippen molar-refractivity contribution in [2.75, 3.05) is 5.73 Å². The van der Waals surface area contributed by atoms with E-state index in [1.54, 1.807) is 30.3 Å². The molecule has 1 heterocycles. The molecule has 1 aromatic heterocycles. The van der Waals surface area contributed by atoms with Crippen LogP contribution in [0, 0.1) is 0 Å². The van der Waals surface area contributed by atoms with Crippen molar-refractivity contribution in [2.45, 2.75) is 44.0 Å². The van der Waals surface area contributed by atoms with Gasteiger partial charge in [0.05, 0.1) is 10.4 Å². The summed E-state index contributed by atoms with van der Waals surface area (Å²) in [6.45, 7) is 4.03. The van der Waals surface area contributed by atoms with Crippen molar-refractivity contribution < 1.29 is 8.42 Å². The van der Waals surface area contributed by atoms with Gasteiger partial charge in [0.25, 0.3) is 0 Å². The van der Waals surface area contributed by atoms with Gasteiger partial charge in [-0.25, -0.2) is 18.1 Å². The highest BCUT2D eigenvalue weighted by molar-refractivity contribution is 7.89. The first kappa shape index (κ1) is 15.7. The van der Waals surface area contributed by atoms with Crippen molar-refractivity contribution in [1.29, 1.82) is 0 Å². The molecule has 3 N–H and O–H groups in total. The van der Waals surface area contributed by atoms with Crippen LogP contribution >= 0.6 is 0 Å². The molecule has 114 valence electrons. The van der Waals surface area contributed by atoms with Gasteiger partial charge in [0.1, 0.15) is 5.82 Å². The van der Waals surface area contributed by atoms with Gasteiger partial charge in [-0.15, -0.1) is 0 Å². The zero-order chi connectivity index (χ0) is 15.5. The maximum atomic E-state index is 12.4. The first-order valence-corrected chi connectivity index (χ1v) is 8.63. The molecule has 1 unspecified atom stereocenters. The summed E-state index contributed by atoms with van der Waals surface area (Å²) in [7, 11) is -3.50. The molecule has 2 aromatic rings. The number of nitrogens with one attached hydrogen (secondary N) is 1. The van der Waals surface area contributed by atoms with Crippen LogP contribution < -0.4 is 10.5 Å². The molecule has 2 rings (SSSR count). The van der Waals surface area contributed by atoms with Crippen LogP contribution in [0.5, 0.6) is 0 Å². The van der Waals surface area contributed by atoms with Crippen LogP contribution in [0.25, 0.3) is 10.9 Å². The summed E-state index contributed by atoms with van der Waals surface area (Å²) < 4.78 is 27.6. The highest BCUT2D eigenvalue weighted by Gasteiger charge is 2.18. The molecule has 1 aromatic carbocycles. The Kier molecular flexibility index (Phi) is 4.80. The zero-order valence-corrected chi connectivity index (χ0v) is 13.2. The largest absolute Gasteiger partial charge is 0.384 e. The summed E-state index contributed by atoms with van der Waals surface area (Å²) in [5.74, 6) is 0.422. The minimum absolute atomic E-state index is 0.0276. The smallest absolute Gasteiger partial charge is 0.240 e. The Morgan fingerprint density at radius 1 is 1.24 bits per heavy atom. The van der Waals surface area contributed by atoms with Gasteiger partial charge in [0.15, 0.2) is 0 Å². The Morgan fingerprint density at radius 2 is 2.00 bits per heavy atom. The van der Waals surface area contributed by atoms with Crippen molar-refractivity contribution in [3.8, 4) is 0 Å². The van der Waals surface area contributed by atoms with Crippen molar-refractivity contribution in [3.05, 3.63) is 30.3 Å². The molecule has 5 nitrogen and oxygen atoms in total. The van der Waals surface area contributed by atoms with E-state index in [4.69, 9.17) is 5.73 Å². The number of hydrogen-bond acceptors (Lipinski definition) is 4. The summed E-state index contributed by atoms with van der Waals surface area (Å²) >= 11 is 0. The summed E-state index contributed by atoms with van der Waals surface area (Å²) in [6, 6.07) is 8.29. The SMILES string of the molecule is CCCC(CC)NS(=O)(=O)c1ccc2nc(N)ccc2c1. The molecule has 6 heteroatoms. The Labute approximate surface area is 125 Å². The van der Waals surface area contributed by atoms with Crippen molar-refractivity contribution in [2.24, 2.45) is 0 Å². The van der Waals surface area contributed by atoms with E-state index in [0.29, 0.717) is 11.3 Å². The third kappa shape index (κ3) is 3.71. The molecule has 0 radical (unpaired) electrons. The Balaban J connectivity index is 2.33. The van der Waals surface area contributed by atoms with E-state index >= 15 is 0 Å². The number of aromatic nitrogens is 1. The lowest BCUT2D eigenvalue weighted by Gasteiger charge is -2.16. The fourth-order valence-corrected chi connectivity index (χ4v) is 3.66. The molecular formula is C15H21N3O2S. The Morgan fingerprint density at radius 3 is 2.67 bits per heavy atom. The quantitative estimate of drug-likeness (QED) is 0.859. The number of benzene rings is 1. The highest BCUT2D eigenvalue weighted by Crippen LogP contribution is 2.19. The van der Waals surface area contributed by atoms with Gasteiger partial charge in [0.2, 0.25) is 10.0 Å². The number of hydrogen-bond donors (Lipinski definition) is 2. The molecule has 0 aliphatic heterocycles. The number of nitrogen functional groups attached to an aromatic ring is 1. The predicted molar refractivity (Wildman–Crippen MR) is 85.5 cm³/mol. The first-order chi connectivity index (χ1) is 9.96. The number of nitrogens with two attached hydrogens (primary N) is 1. The summed E-state index contributed by atoms with van der Waals surface area (Å²) in [5, 5.41) is 0.760. The lowest BCUT2D eigenvalue weighted by molar-refractivity contribution is 0.512. The predicted octanol–water partition coefficient (Wildman–Crippen LogP) is 2.67. The van der Waals surface area contributed by atoms with E-state index < -0.39 is 10.0 Å². The molecule has 0 amide bonds. The Bertz CT molecular complexity index is 729. The van der Waals surface area contributed by atoms with E-state index in [-0.39, 0.29) is 10.9 Å². The Hall–Kier alpha value is -1.66. The fraction of sp³-hybridized carbons (Fsp3) is 0.400. The van der Waals surface area contributed by atoms with E-state index in [9.17, 15) is 8.42 Å². The van der Waals surface area contributed by atoms with Gasteiger partial charge in [-0.3, -0.25) is 0 Å². The van der Waals surface area contributed by atoms with Crippen LogP contribution in [-0.4, -0.2) is 19.4 Å². The third-order valence-electron chi connectivity index (χ3n) is 3.44. The van der Waals surface area contributed by atoms with Crippen LogP contribution in [0.4, 0.5) is 5.82 Å². The van der Waals surface area contributed by atoms with Gasteiger partial charge >= 0.3 is 0 Å². The van der Waals surface area contributed by atoms with Gasteiger partial charge in [-0.2, -0.15) is 0 Å². The monoisotopic (exact) mass is 307 g/mol. The van der Waals surface area contributed by atoms with Crippen molar-refractivity contribution >= 4 is 26.7 Å². The first-order valence-electron chi connectivity index (χ1n) is 7.15. The lowest BCUT2D eigenvalue weighted by atomic mass is 10.1. The third-order valence-corrected chi connectivity index (χ3v) is 4.96. The molecule has 0 spiro atoms. The topological polar surface area (TPSA) is 85.1 Å². The van der Waals surface area contributed by atoms with E-state index in [1.165, 1.54) is 0 Å². The van der Waals surface area contributed by atoms with E-state index in [2.05, 4.69) is 9.71 Å². The number of pyridine rings is 1. The maximum absolute atomic E-state index is 12.4. The average Bonchev–Trinajstić information content (AvgIpc) is 2.45. The molecule has 21 heavy (non-hydrogen) atoms. The van der Waals surface area contributed by atoms with Crippen molar-refractivity contribution in [3.63, 3.8) is 0 Å². The number of nitrogens with zero attached hydrogens (tertiary/aromatic N) is 1. The van der Waals surface area contributed by atoms with Gasteiger partial charge in [-0.1, -0.05) is 20.3 Å². The molecular weight excluding hydrogens is 286 g/mol. The lowest BCUT2D eigenvalue weighted by Crippen LogP contribution is -2.34. The zero-order valence-electron chi connectivity index (χ0n) is 12.3. The molecule has 1 atom stereocenters. The van der Waals surface area contributed by atoms with E-state index in [0.717, 1.165) is 24.6 Å². The molecule has 0 bridgehead atoms. The second kappa shape index (κ2) is 6.41. The van der Waals surface area contributed by atoms with E-state index in [1.807, 2.05) is 13.8 Å². The number of rotatable bonds is 6. The van der Waals surface area contributed by atoms with Gasteiger partial charge in [-0.05, 0) is 43.2 Å². The molecule has 0 saturated carbocycles. The molecule has 0 aliphatic rings. The average molecular weight is 307 g/mol. The standard InChI is InChI=1S/C15H21N3O2S/c1-3-5-12(4-2)18-21(19,20)13-7-8-14-11(10-13)6-9-15(16)17-14/h6-10,12,18H,3-5H2,1-2H3,(H2,16,17). The molecule has 0 fully saturated rings. The minimum Gasteiger partial charge on any atom is -0.384 e. The summed E-state index contributed by atoms with van der Waals surface area (Å²) in [4.78, 5) is 4.43. The minimum atomic E-state index is -3.50. The van der Waals surface area contributed by atoms with Crippen LogP contribution in [0.2, 0.25) is 0 Å². The van der Waals surface area contributed by atoms with Gasteiger partial charge in [0, 0.05) is 11.4 Å². The van der Waals surface area contributed by atoms with Crippen LogP contribution in [0.3, 0.4) is 0 Å². The van der Waals surface area contributed by atoms with Crippen LogP contribution in [0.15, 0.2) is 35.2 Å². The van der Waals surface area contributed by atoms with Crippen LogP contribution in [0.1, 0.15) is 33.1 Å². The van der Waals surface area contributed by atoms with Crippen molar-refractivity contribution in [1.82, 2.24) is 9.71 Å². The summed E-state index contributed by atoms with van der Waals surface area (Å²) in [6.07, 6.45) is 2.56. The number of anilines is 1.